The van der Waals surface area contributed by atoms with E-state index in [0.717, 1.165) is 36.2 Å². The van der Waals surface area contributed by atoms with Crippen LogP contribution < -0.4 is 9.80 Å². The van der Waals surface area contributed by atoms with Crippen LogP contribution in [-0.4, -0.2) is 23.2 Å². The van der Waals surface area contributed by atoms with E-state index in [2.05, 4.69) is 6.92 Å². The predicted molar refractivity (Wildman–Crippen MR) is 120 cm³/mol. The van der Waals surface area contributed by atoms with Gasteiger partial charge in [-0.1, -0.05) is 67.7 Å². The molecule has 2 aromatic rings. The van der Waals surface area contributed by atoms with Gasteiger partial charge in [-0.25, -0.2) is 0 Å². The Labute approximate surface area is 174 Å². The fourth-order valence-corrected chi connectivity index (χ4v) is 4.89. The number of carbonyl (C=O) groups excluding carboxylic acids is 2. The van der Waals surface area contributed by atoms with Gasteiger partial charge in [0, 0.05) is 12.6 Å². The number of thioether (sulfide) groups is 1. The molecule has 2 aliphatic heterocycles. The first-order chi connectivity index (χ1) is 13.5. The van der Waals surface area contributed by atoms with Gasteiger partial charge in [0.2, 0.25) is 0 Å². The lowest BCUT2D eigenvalue weighted by Gasteiger charge is -2.15. The highest BCUT2D eigenvalue weighted by Gasteiger charge is 2.41. The fourth-order valence-electron chi connectivity index (χ4n) is 3.52. The summed E-state index contributed by atoms with van der Waals surface area (Å²) in [5, 5.41) is 0. The van der Waals surface area contributed by atoms with E-state index in [0.29, 0.717) is 14.8 Å². The zero-order valence-electron chi connectivity index (χ0n) is 15.8. The van der Waals surface area contributed by atoms with Crippen molar-refractivity contribution in [3.8, 4) is 0 Å². The smallest absolute Gasteiger partial charge is 0.271 e. The highest BCUT2D eigenvalue weighted by molar-refractivity contribution is 8.27. The number of hydrogen-bond acceptors (Lipinski definition) is 4. The molecule has 4 rings (SSSR count). The molecule has 1 saturated heterocycles. The molecule has 0 atom stereocenters. The van der Waals surface area contributed by atoms with Crippen molar-refractivity contribution >= 4 is 57.1 Å². The van der Waals surface area contributed by atoms with Gasteiger partial charge in [-0.05, 0) is 36.6 Å². The zero-order chi connectivity index (χ0) is 19.8. The number of fused-ring (bicyclic) bond motifs is 1. The summed E-state index contributed by atoms with van der Waals surface area (Å²) in [5.41, 5.74) is 4.03. The number of thiocarbonyl (C=S) groups is 1. The third-order valence-corrected chi connectivity index (χ3v) is 6.44. The van der Waals surface area contributed by atoms with Crippen LogP contribution in [0.5, 0.6) is 0 Å². The topological polar surface area (TPSA) is 40.6 Å². The number of unbranched alkanes of at least 4 members (excludes halogenated alkanes) is 1. The normalized spacial score (nSPS) is 19.0. The first-order valence-corrected chi connectivity index (χ1v) is 10.5. The first-order valence-electron chi connectivity index (χ1n) is 9.30. The van der Waals surface area contributed by atoms with Gasteiger partial charge < -0.3 is 4.90 Å². The van der Waals surface area contributed by atoms with E-state index in [9.17, 15) is 9.59 Å². The molecule has 2 heterocycles. The maximum absolute atomic E-state index is 13.2. The molecule has 0 N–H and O–H groups in total. The summed E-state index contributed by atoms with van der Waals surface area (Å²) in [4.78, 5) is 29.6. The summed E-state index contributed by atoms with van der Waals surface area (Å²) in [5.74, 6) is -0.402. The minimum absolute atomic E-state index is 0.170. The molecule has 2 aliphatic rings. The number of nitrogens with zero attached hydrogens (tertiary/aromatic N) is 2. The Balaban J connectivity index is 1.70. The van der Waals surface area contributed by atoms with Crippen molar-refractivity contribution in [3.63, 3.8) is 0 Å². The Hall–Kier alpha value is -2.44. The van der Waals surface area contributed by atoms with Gasteiger partial charge in [0.1, 0.15) is 0 Å². The van der Waals surface area contributed by atoms with Crippen LogP contribution >= 0.6 is 24.0 Å². The van der Waals surface area contributed by atoms with Crippen LogP contribution in [0.2, 0.25) is 0 Å². The molecular formula is C22H20N2O2S2. The third-order valence-electron chi connectivity index (χ3n) is 5.06. The molecule has 0 unspecified atom stereocenters. The number of aryl methyl sites for hydroxylation is 1. The zero-order valence-corrected chi connectivity index (χ0v) is 17.4. The molecule has 142 valence electrons. The number of hydrogen-bond donors (Lipinski definition) is 0. The molecular weight excluding hydrogens is 388 g/mol. The number of amides is 2. The number of carbonyl (C=O) groups is 2. The van der Waals surface area contributed by atoms with Crippen molar-refractivity contribution in [2.24, 2.45) is 0 Å². The van der Waals surface area contributed by atoms with Gasteiger partial charge in [0.05, 0.1) is 21.9 Å². The molecule has 0 aromatic heterocycles. The number of benzene rings is 2. The Bertz CT molecular complexity index is 1010. The van der Waals surface area contributed by atoms with Crippen LogP contribution in [0.25, 0.3) is 5.57 Å². The monoisotopic (exact) mass is 408 g/mol. The third kappa shape index (κ3) is 3.06. The van der Waals surface area contributed by atoms with E-state index in [1.807, 2.05) is 48.5 Å². The van der Waals surface area contributed by atoms with E-state index >= 15 is 0 Å². The lowest BCUT2D eigenvalue weighted by Crippen LogP contribution is -2.28. The molecule has 0 bridgehead atoms. The quantitative estimate of drug-likeness (QED) is 0.539. The van der Waals surface area contributed by atoms with Crippen LogP contribution in [0.4, 0.5) is 11.4 Å². The summed E-state index contributed by atoms with van der Waals surface area (Å²) in [6.45, 7) is 2.17. The SMILES string of the molecule is CCCCc1ccc(N2C(=O)/C(=C3/C(=O)N(C)c4ccccc43)SC2=S)cc1. The van der Waals surface area contributed by atoms with Crippen LogP contribution in [0, 0.1) is 0 Å². The second-order valence-electron chi connectivity index (χ2n) is 6.86. The first kappa shape index (κ1) is 18.9. The molecule has 6 heteroatoms. The van der Waals surface area contributed by atoms with Crippen LogP contribution in [0.1, 0.15) is 30.9 Å². The van der Waals surface area contributed by atoms with Crippen LogP contribution in [-0.2, 0) is 16.0 Å². The molecule has 1 fully saturated rings. The lowest BCUT2D eigenvalue weighted by atomic mass is 10.1. The minimum atomic E-state index is -0.232. The predicted octanol–water partition coefficient (Wildman–Crippen LogP) is 4.78. The Morgan fingerprint density at radius 1 is 1.00 bits per heavy atom. The van der Waals surface area contributed by atoms with E-state index in [-0.39, 0.29) is 11.8 Å². The Kier molecular flexibility index (Phi) is 5.08. The van der Waals surface area contributed by atoms with Crippen molar-refractivity contribution in [1.29, 1.82) is 0 Å². The van der Waals surface area contributed by atoms with Gasteiger partial charge >= 0.3 is 0 Å². The average Bonchev–Trinajstić information content (AvgIpc) is 3.13. The maximum atomic E-state index is 13.2. The Morgan fingerprint density at radius 3 is 2.43 bits per heavy atom. The second-order valence-corrected chi connectivity index (χ2v) is 8.51. The molecule has 0 radical (unpaired) electrons. The number of anilines is 2. The minimum Gasteiger partial charge on any atom is -0.311 e. The van der Waals surface area contributed by atoms with Gasteiger partial charge in [0.25, 0.3) is 11.8 Å². The maximum Gasteiger partial charge on any atom is 0.271 e. The van der Waals surface area contributed by atoms with Gasteiger partial charge in [0.15, 0.2) is 4.32 Å². The van der Waals surface area contributed by atoms with E-state index in [1.54, 1.807) is 11.9 Å². The van der Waals surface area contributed by atoms with Crippen molar-refractivity contribution in [2.75, 3.05) is 16.8 Å². The molecule has 2 amide bonds. The Morgan fingerprint density at radius 2 is 1.71 bits per heavy atom. The van der Waals surface area contributed by atoms with E-state index < -0.39 is 0 Å². The fraction of sp³-hybridized carbons (Fsp3) is 0.227. The molecule has 28 heavy (non-hydrogen) atoms. The number of para-hydroxylation sites is 1. The van der Waals surface area contributed by atoms with Crippen molar-refractivity contribution in [1.82, 2.24) is 0 Å². The van der Waals surface area contributed by atoms with Gasteiger partial charge in [-0.15, -0.1) is 0 Å². The van der Waals surface area contributed by atoms with E-state index in [1.165, 1.54) is 22.2 Å². The van der Waals surface area contributed by atoms with Crippen LogP contribution in [0.15, 0.2) is 53.4 Å². The molecule has 0 spiro atoms. The van der Waals surface area contributed by atoms with Crippen molar-refractivity contribution in [2.45, 2.75) is 26.2 Å². The lowest BCUT2D eigenvalue weighted by molar-refractivity contribution is -0.115. The highest BCUT2D eigenvalue weighted by atomic mass is 32.2. The van der Waals surface area contributed by atoms with Crippen LogP contribution in [0.3, 0.4) is 0 Å². The summed E-state index contributed by atoms with van der Waals surface area (Å²) in [6, 6.07) is 15.5. The molecule has 2 aromatic carbocycles. The highest BCUT2D eigenvalue weighted by Crippen LogP contribution is 2.44. The molecule has 4 nitrogen and oxygen atoms in total. The van der Waals surface area contributed by atoms with Gasteiger partial charge in [-0.3, -0.25) is 14.5 Å². The second kappa shape index (κ2) is 7.53. The standard InChI is InChI=1S/C22H20N2O2S2/c1-3-4-7-14-10-12-15(13-11-14)24-21(26)19(28-22(24)27)18-16-8-5-6-9-17(16)23(2)20(18)25/h5-6,8-13H,3-4,7H2,1-2H3/b19-18-. The molecule has 0 saturated carbocycles. The number of likely N-dealkylation sites (N-methyl/N-ethyl adjacent to an activating group) is 1. The number of rotatable bonds is 4. The largest absolute Gasteiger partial charge is 0.311 e. The van der Waals surface area contributed by atoms with Crippen molar-refractivity contribution < 1.29 is 9.59 Å². The molecule has 0 aliphatic carbocycles. The van der Waals surface area contributed by atoms with Gasteiger partial charge in [-0.2, -0.15) is 0 Å². The van der Waals surface area contributed by atoms with Crippen molar-refractivity contribution in [3.05, 3.63) is 64.6 Å². The summed E-state index contributed by atoms with van der Waals surface area (Å²) in [6.07, 6.45) is 3.31. The summed E-state index contributed by atoms with van der Waals surface area (Å²) in [7, 11) is 1.73. The van der Waals surface area contributed by atoms with E-state index in [4.69, 9.17) is 12.2 Å². The summed E-state index contributed by atoms with van der Waals surface area (Å²) < 4.78 is 0.452. The summed E-state index contributed by atoms with van der Waals surface area (Å²) >= 11 is 6.69. The average molecular weight is 409 g/mol.